The standard InChI is InChI=1S/C17H25N5O/c1-4-20(5-2)17(23)14-7-6-10-21(12-14)16-11-13(3)19-15-8-9-18-22(15)16/h8-9,11,14H,4-7,10,12H2,1-3H3/t14-/m1/s1. The van der Waals surface area contributed by atoms with Gasteiger partial charge in [0.1, 0.15) is 5.82 Å². The Hall–Kier alpha value is -2.11. The fourth-order valence-corrected chi connectivity index (χ4v) is 3.42. The molecule has 1 fully saturated rings. The Bertz CT molecular complexity index is 691. The molecule has 0 radical (unpaired) electrons. The van der Waals surface area contributed by atoms with Crippen LogP contribution in [0.3, 0.4) is 0 Å². The van der Waals surface area contributed by atoms with E-state index in [1.165, 1.54) is 0 Å². The van der Waals surface area contributed by atoms with E-state index < -0.39 is 0 Å². The van der Waals surface area contributed by atoms with Gasteiger partial charge in [0, 0.05) is 44.0 Å². The highest BCUT2D eigenvalue weighted by molar-refractivity contribution is 5.79. The SMILES string of the molecule is CCN(CC)C(=O)[C@@H]1CCCN(c2cc(C)nc3ccnn23)C1. The van der Waals surface area contributed by atoms with Crippen molar-refractivity contribution in [2.24, 2.45) is 5.92 Å². The van der Waals surface area contributed by atoms with Crippen LogP contribution in [0.1, 0.15) is 32.4 Å². The van der Waals surface area contributed by atoms with Crippen LogP contribution in [0.25, 0.3) is 5.65 Å². The van der Waals surface area contributed by atoms with E-state index in [-0.39, 0.29) is 11.8 Å². The molecule has 0 saturated carbocycles. The summed E-state index contributed by atoms with van der Waals surface area (Å²) in [5.41, 5.74) is 1.84. The molecule has 0 aromatic carbocycles. The van der Waals surface area contributed by atoms with Gasteiger partial charge in [-0.15, -0.1) is 0 Å². The fourth-order valence-electron chi connectivity index (χ4n) is 3.42. The second-order valence-corrected chi connectivity index (χ2v) is 6.15. The first-order valence-electron chi connectivity index (χ1n) is 8.49. The highest BCUT2D eigenvalue weighted by Gasteiger charge is 2.29. The number of hydrogen-bond donors (Lipinski definition) is 0. The van der Waals surface area contributed by atoms with Crippen LogP contribution < -0.4 is 4.90 Å². The van der Waals surface area contributed by atoms with Crippen LogP contribution in [0.2, 0.25) is 0 Å². The van der Waals surface area contributed by atoms with E-state index in [0.717, 1.165) is 56.2 Å². The van der Waals surface area contributed by atoms with Gasteiger partial charge < -0.3 is 9.80 Å². The molecule has 3 heterocycles. The largest absolute Gasteiger partial charge is 0.356 e. The molecule has 1 saturated heterocycles. The molecule has 1 aliphatic rings. The van der Waals surface area contributed by atoms with Crippen molar-refractivity contribution in [2.75, 3.05) is 31.1 Å². The third-order valence-electron chi connectivity index (χ3n) is 4.64. The van der Waals surface area contributed by atoms with Gasteiger partial charge in [0.25, 0.3) is 0 Å². The Morgan fingerprint density at radius 1 is 1.39 bits per heavy atom. The second kappa shape index (κ2) is 6.56. The molecule has 124 valence electrons. The second-order valence-electron chi connectivity index (χ2n) is 6.15. The molecule has 1 atom stereocenters. The van der Waals surface area contributed by atoms with Gasteiger partial charge in [-0.25, -0.2) is 4.98 Å². The molecule has 6 nitrogen and oxygen atoms in total. The van der Waals surface area contributed by atoms with E-state index in [9.17, 15) is 4.79 Å². The smallest absolute Gasteiger partial charge is 0.227 e. The van der Waals surface area contributed by atoms with Crippen LogP contribution in [0.5, 0.6) is 0 Å². The summed E-state index contributed by atoms with van der Waals surface area (Å²) >= 11 is 0. The van der Waals surface area contributed by atoms with Crippen molar-refractivity contribution < 1.29 is 4.79 Å². The van der Waals surface area contributed by atoms with E-state index in [1.54, 1.807) is 6.20 Å². The number of amides is 1. The van der Waals surface area contributed by atoms with Crippen molar-refractivity contribution in [3.63, 3.8) is 0 Å². The van der Waals surface area contributed by atoms with Crippen LogP contribution in [-0.2, 0) is 4.79 Å². The summed E-state index contributed by atoms with van der Waals surface area (Å²) in [6, 6.07) is 3.98. The quantitative estimate of drug-likeness (QED) is 0.867. The number of carbonyl (C=O) groups is 1. The van der Waals surface area contributed by atoms with Crippen molar-refractivity contribution in [1.29, 1.82) is 0 Å². The molecule has 3 rings (SSSR count). The van der Waals surface area contributed by atoms with Crippen LogP contribution >= 0.6 is 0 Å². The topological polar surface area (TPSA) is 53.7 Å². The molecule has 6 heteroatoms. The molecule has 2 aromatic rings. The van der Waals surface area contributed by atoms with Crippen molar-refractivity contribution >= 4 is 17.4 Å². The lowest BCUT2D eigenvalue weighted by Crippen LogP contribution is -2.45. The zero-order chi connectivity index (χ0) is 16.4. The minimum atomic E-state index is 0.0720. The maximum atomic E-state index is 12.7. The van der Waals surface area contributed by atoms with E-state index in [4.69, 9.17) is 0 Å². The van der Waals surface area contributed by atoms with Crippen molar-refractivity contribution in [3.05, 3.63) is 24.0 Å². The van der Waals surface area contributed by atoms with Gasteiger partial charge in [-0.05, 0) is 33.6 Å². The molecule has 0 N–H and O–H groups in total. The van der Waals surface area contributed by atoms with E-state index in [1.807, 2.05) is 36.3 Å². The molecule has 1 aliphatic heterocycles. The lowest BCUT2D eigenvalue weighted by molar-refractivity contribution is -0.135. The normalized spacial score (nSPS) is 18.4. The van der Waals surface area contributed by atoms with Gasteiger partial charge in [-0.2, -0.15) is 9.61 Å². The third kappa shape index (κ3) is 3.02. The summed E-state index contributed by atoms with van der Waals surface area (Å²) in [5.74, 6) is 1.39. The summed E-state index contributed by atoms with van der Waals surface area (Å²) in [6.07, 6.45) is 3.77. The molecule has 0 bridgehead atoms. The molecule has 0 aliphatic carbocycles. The summed E-state index contributed by atoms with van der Waals surface area (Å²) in [7, 11) is 0. The zero-order valence-electron chi connectivity index (χ0n) is 14.2. The van der Waals surface area contributed by atoms with Gasteiger partial charge >= 0.3 is 0 Å². The van der Waals surface area contributed by atoms with Gasteiger partial charge in [-0.1, -0.05) is 0 Å². The highest BCUT2D eigenvalue weighted by Crippen LogP contribution is 2.25. The Kier molecular flexibility index (Phi) is 4.50. The Balaban J connectivity index is 1.85. The van der Waals surface area contributed by atoms with Gasteiger partial charge in [-0.3, -0.25) is 4.79 Å². The van der Waals surface area contributed by atoms with E-state index in [2.05, 4.69) is 21.0 Å². The maximum absolute atomic E-state index is 12.7. The number of aryl methyl sites for hydroxylation is 1. The van der Waals surface area contributed by atoms with Gasteiger partial charge in [0.05, 0.1) is 12.1 Å². The summed E-state index contributed by atoms with van der Waals surface area (Å²) in [5, 5.41) is 4.39. The minimum Gasteiger partial charge on any atom is -0.356 e. The number of anilines is 1. The van der Waals surface area contributed by atoms with E-state index in [0.29, 0.717) is 0 Å². The number of aromatic nitrogens is 3. The Morgan fingerprint density at radius 2 is 2.17 bits per heavy atom. The van der Waals surface area contributed by atoms with Crippen LogP contribution in [0.4, 0.5) is 5.82 Å². The molecular weight excluding hydrogens is 290 g/mol. The first kappa shape index (κ1) is 15.8. The molecule has 2 aromatic heterocycles. The van der Waals surface area contributed by atoms with E-state index >= 15 is 0 Å². The van der Waals surface area contributed by atoms with Gasteiger partial charge in [0.15, 0.2) is 5.65 Å². The summed E-state index contributed by atoms with van der Waals surface area (Å²) in [4.78, 5) is 21.4. The number of hydrogen-bond acceptors (Lipinski definition) is 4. The predicted octanol–water partition coefficient (Wildman–Crippen LogP) is 2.12. The molecular formula is C17H25N5O. The number of carbonyl (C=O) groups excluding carboxylic acids is 1. The molecule has 0 unspecified atom stereocenters. The lowest BCUT2D eigenvalue weighted by Gasteiger charge is -2.35. The van der Waals surface area contributed by atoms with Crippen LogP contribution in [-0.4, -0.2) is 51.6 Å². The van der Waals surface area contributed by atoms with Crippen LogP contribution in [0, 0.1) is 12.8 Å². The molecule has 1 amide bonds. The van der Waals surface area contributed by atoms with Crippen molar-refractivity contribution in [3.8, 4) is 0 Å². The lowest BCUT2D eigenvalue weighted by atomic mass is 9.96. The summed E-state index contributed by atoms with van der Waals surface area (Å²) in [6.45, 7) is 9.36. The Morgan fingerprint density at radius 3 is 2.91 bits per heavy atom. The average molecular weight is 315 g/mol. The molecule has 23 heavy (non-hydrogen) atoms. The van der Waals surface area contributed by atoms with Crippen molar-refractivity contribution in [1.82, 2.24) is 19.5 Å². The van der Waals surface area contributed by atoms with Gasteiger partial charge in [0.2, 0.25) is 5.91 Å². The van der Waals surface area contributed by atoms with Crippen LogP contribution in [0.15, 0.2) is 18.3 Å². The highest BCUT2D eigenvalue weighted by atomic mass is 16.2. The van der Waals surface area contributed by atoms with Crippen molar-refractivity contribution in [2.45, 2.75) is 33.6 Å². The number of fused-ring (bicyclic) bond motifs is 1. The fraction of sp³-hybridized carbons (Fsp3) is 0.588. The number of rotatable bonds is 4. The number of nitrogens with zero attached hydrogens (tertiary/aromatic N) is 5. The summed E-state index contributed by atoms with van der Waals surface area (Å²) < 4.78 is 1.87. The first-order chi connectivity index (χ1) is 11.1. The minimum absolute atomic E-state index is 0.0720. The molecule has 0 spiro atoms. The monoisotopic (exact) mass is 315 g/mol. The third-order valence-corrected chi connectivity index (χ3v) is 4.64. The zero-order valence-corrected chi connectivity index (χ0v) is 14.2. The number of piperidine rings is 1. The first-order valence-corrected chi connectivity index (χ1v) is 8.49. The Labute approximate surface area is 137 Å². The predicted molar refractivity (Wildman–Crippen MR) is 90.6 cm³/mol. The maximum Gasteiger partial charge on any atom is 0.227 e. The average Bonchev–Trinajstić information content (AvgIpc) is 3.03.